The zero-order valence-corrected chi connectivity index (χ0v) is 19.7. The van der Waals surface area contributed by atoms with E-state index in [0.717, 1.165) is 29.1 Å². The van der Waals surface area contributed by atoms with E-state index in [1.165, 1.54) is 18.2 Å². The molecule has 1 amide bonds. The Balaban J connectivity index is 1.46. The van der Waals surface area contributed by atoms with Gasteiger partial charge in [-0.05, 0) is 50.1 Å². The van der Waals surface area contributed by atoms with Gasteiger partial charge in [-0.2, -0.15) is 0 Å². The van der Waals surface area contributed by atoms with E-state index in [1.54, 1.807) is 23.5 Å². The molecule has 32 heavy (non-hydrogen) atoms. The molecule has 168 valence electrons. The monoisotopic (exact) mass is 491 g/mol. The second kappa shape index (κ2) is 9.68. The van der Waals surface area contributed by atoms with Crippen molar-refractivity contribution in [1.29, 1.82) is 0 Å². The molecule has 1 aliphatic heterocycles. The average Bonchev–Trinajstić information content (AvgIpc) is 3.45. The van der Waals surface area contributed by atoms with Crippen LogP contribution in [0.15, 0.2) is 52.7 Å². The Bertz CT molecular complexity index is 1220. The van der Waals surface area contributed by atoms with Gasteiger partial charge in [0.15, 0.2) is 0 Å². The topological polar surface area (TPSA) is 97.4 Å². The number of aromatic nitrogens is 1. The Morgan fingerprint density at radius 2 is 2.03 bits per heavy atom. The first-order valence-corrected chi connectivity index (χ1v) is 12.8. The number of carbonyl (C=O) groups is 1. The van der Waals surface area contributed by atoms with Crippen molar-refractivity contribution in [3.8, 4) is 11.3 Å². The summed E-state index contributed by atoms with van der Waals surface area (Å²) in [5.41, 5.74) is 2.60. The largest absolute Gasteiger partial charge is 0.377 e. The summed E-state index contributed by atoms with van der Waals surface area (Å²) in [6.07, 6.45) is 1.57. The number of anilines is 1. The van der Waals surface area contributed by atoms with Crippen LogP contribution in [0.25, 0.3) is 11.3 Å². The maximum atomic E-state index is 12.7. The Hall–Kier alpha value is -2.30. The molecular weight excluding hydrogens is 470 g/mol. The van der Waals surface area contributed by atoms with Gasteiger partial charge in [0.1, 0.15) is 4.90 Å². The molecule has 1 aliphatic rings. The molecule has 7 nitrogen and oxygen atoms in total. The lowest BCUT2D eigenvalue weighted by Crippen LogP contribution is -2.32. The van der Waals surface area contributed by atoms with Gasteiger partial charge in [0.2, 0.25) is 10.0 Å². The number of halogens is 1. The maximum Gasteiger partial charge on any atom is 0.255 e. The van der Waals surface area contributed by atoms with E-state index in [-0.39, 0.29) is 28.1 Å². The van der Waals surface area contributed by atoms with E-state index in [1.807, 2.05) is 24.4 Å². The van der Waals surface area contributed by atoms with Crippen molar-refractivity contribution in [3.63, 3.8) is 0 Å². The van der Waals surface area contributed by atoms with Crippen molar-refractivity contribution >= 4 is 44.6 Å². The number of ether oxygens (including phenoxy) is 1. The molecule has 1 saturated heterocycles. The molecule has 0 spiro atoms. The summed E-state index contributed by atoms with van der Waals surface area (Å²) in [5, 5.41) is 5.79. The molecule has 2 heterocycles. The van der Waals surface area contributed by atoms with Crippen molar-refractivity contribution in [2.75, 3.05) is 18.5 Å². The minimum atomic E-state index is -3.89. The number of nitrogens with zero attached hydrogens (tertiary/aromatic N) is 1. The summed E-state index contributed by atoms with van der Waals surface area (Å²) >= 11 is 7.70. The maximum absolute atomic E-state index is 12.7. The van der Waals surface area contributed by atoms with Gasteiger partial charge in [0.25, 0.3) is 5.91 Å². The Labute approximate surface area is 195 Å². The van der Waals surface area contributed by atoms with Gasteiger partial charge in [-0.1, -0.05) is 23.7 Å². The number of benzene rings is 2. The molecule has 2 aromatic carbocycles. The summed E-state index contributed by atoms with van der Waals surface area (Å²) in [7, 11) is -3.89. The fourth-order valence-electron chi connectivity index (χ4n) is 3.36. The number of thiazole rings is 1. The highest BCUT2D eigenvalue weighted by Gasteiger charge is 2.23. The fourth-order valence-corrected chi connectivity index (χ4v) is 5.57. The zero-order chi connectivity index (χ0) is 22.7. The molecular formula is C22H22ClN3O4S2. The van der Waals surface area contributed by atoms with Crippen LogP contribution in [0, 0.1) is 6.92 Å². The quantitative estimate of drug-likeness (QED) is 0.507. The Kier molecular flexibility index (Phi) is 6.92. The number of sulfonamides is 1. The van der Waals surface area contributed by atoms with Gasteiger partial charge >= 0.3 is 0 Å². The first-order chi connectivity index (χ1) is 15.3. The summed E-state index contributed by atoms with van der Waals surface area (Å²) in [5.74, 6) is -0.436. The smallest absolute Gasteiger partial charge is 0.255 e. The van der Waals surface area contributed by atoms with Crippen LogP contribution in [0.4, 0.5) is 5.69 Å². The highest BCUT2D eigenvalue weighted by molar-refractivity contribution is 7.89. The van der Waals surface area contributed by atoms with E-state index in [0.29, 0.717) is 12.3 Å². The SMILES string of the molecule is Cc1nc(-c2ccc(NC(=O)c3ccc(Cl)c(S(=O)(=O)NCC4CCCO4)c3)cc2)cs1. The van der Waals surface area contributed by atoms with Crippen LogP contribution in [0.5, 0.6) is 0 Å². The first-order valence-electron chi connectivity index (χ1n) is 10.1. The van der Waals surface area contributed by atoms with E-state index in [9.17, 15) is 13.2 Å². The number of hydrogen-bond donors (Lipinski definition) is 2. The van der Waals surface area contributed by atoms with Crippen molar-refractivity contribution in [1.82, 2.24) is 9.71 Å². The standard InChI is InChI=1S/C22H22ClN3O4S2/c1-14-25-20(13-31-14)15-4-7-17(8-5-15)26-22(27)16-6-9-19(23)21(11-16)32(28,29)24-12-18-3-2-10-30-18/h4-9,11,13,18,24H,2-3,10,12H2,1H3,(H,26,27). The van der Waals surface area contributed by atoms with Gasteiger partial charge in [-0.3, -0.25) is 4.79 Å². The third kappa shape index (κ3) is 5.36. The lowest BCUT2D eigenvalue weighted by molar-refractivity contribution is 0.102. The molecule has 2 N–H and O–H groups in total. The normalized spacial score (nSPS) is 16.2. The van der Waals surface area contributed by atoms with Crippen LogP contribution in [0.3, 0.4) is 0 Å². The molecule has 1 fully saturated rings. The fraction of sp³-hybridized carbons (Fsp3) is 0.273. The molecule has 1 unspecified atom stereocenters. The van der Waals surface area contributed by atoms with Crippen molar-refractivity contribution in [2.24, 2.45) is 0 Å². The summed E-state index contributed by atoms with van der Waals surface area (Å²) < 4.78 is 33.4. The molecule has 1 aromatic heterocycles. The van der Waals surface area contributed by atoms with E-state index < -0.39 is 15.9 Å². The van der Waals surface area contributed by atoms with Crippen LogP contribution in [-0.4, -0.2) is 38.6 Å². The number of aryl methyl sites for hydroxylation is 1. The van der Waals surface area contributed by atoms with Crippen LogP contribution in [0.1, 0.15) is 28.2 Å². The second-order valence-corrected chi connectivity index (χ2v) is 10.6. The first kappa shape index (κ1) is 22.9. The molecule has 1 atom stereocenters. The van der Waals surface area contributed by atoms with Crippen LogP contribution >= 0.6 is 22.9 Å². The molecule has 0 radical (unpaired) electrons. The number of hydrogen-bond acceptors (Lipinski definition) is 6. The zero-order valence-electron chi connectivity index (χ0n) is 17.3. The Morgan fingerprint density at radius 1 is 1.25 bits per heavy atom. The van der Waals surface area contributed by atoms with Gasteiger partial charge in [-0.25, -0.2) is 18.1 Å². The van der Waals surface area contributed by atoms with Crippen LogP contribution in [0.2, 0.25) is 5.02 Å². The molecule has 3 aromatic rings. The minimum absolute atomic E-state index is 0.0456. The van der Waals surface area contributed by atoms with Gasteiger partial charge < -0.3 is 10.1 Å². The highest BCUT2D eigenvalue weighted by Crippen LogP contribution is 2.25. The summed E-state index contributed by atoms with van der Waals surface area (Å²) in [6, 6.07) is 11.5. The van der Waals surface area contributed by atoms with Crippen LogP contribution in [-0.2, 0) is 14.8 Å². The third-order valence-electron chi connectivity index (χ3n) is 5.07. The van der Waals surface area contributed by atoms with E-state index >= 15 is 0 Å². The summed E-state index contributed by atoms with van der Waals surface area (Å²) in [6.45, 7) is 2.74. The second-order valence-electron chi connectivity index (χ2n) is 7.42. The highest BCUT2D eigenvalue weighted by atomic mass is 35.5. The minimum Gasteiger partial charge on any atom is -0.377 e. The number of rotatable bonds is 7. The van der Waals surface area contributed by atoms with Gasteiger partial charge in [0, 0.05) is 35.3 Å². The molecule has 4 rings (SSSR count). The van der Waals surface area contributed by atoms with Crippen LogP contribution < -0.4 is 10.0 Å². The van der Waals surface area contributed by atoms with Gasteiger partial charge in [0.05, 0.1) is 21.8 Å². The summed E-state index contributed by atoms with van der Waals surface area (Å²) in [4.78, 5) is 17.0. The molecule has 0 saturated carbocycles. The van der Waals surface area contributed by atoms with Crippen molar-refractivity contribution in [3.05, 3.63) is 63.4 Å². The van der Waals surface area contributed by atoms with E-state index in [2.05, 4.69) is 15.0 Å². The van der Waals surface area contributed by atoms with Crippen molar-refractivity contribution in [2.45, 2.75) is 30.8 Å². The predicted octanol–water partition coefficient (Wildman–Crippen LogP) is 4.48. The molecule has 0 aliphatic carbocycles. The number of nitrogens with one attached hydrogen (secondary N) is 2. The third-order valence-corrected chi connectivity index (χ3v) is 7.74. The Morgan fingerprint density at radius 3 is 2.69 bits per heavy atom. The van der Waals surface area contributed by atoms with Gasteiger partial charge in [-0.15, -0.1) is 11.3 Å². The lowest BCUT2D eigenvalue weighted by atomic mass is 10.1. The number of carbonyl (C=O) groups excluding carboxylic acids is 1. The van der Waals surface area contributed by atoms with Crippen molar-refractivity contribution < 1.29 is 17.9 Å². The van der Waals surface area contributed by atoms with E-state index in [4.69, 9.17) is 16.3 Å². The number of amides is 1. The molecule has 10 heteroatoms. The lowest BCUT2D eigenvalue weighted by Gasteiger charge is -2.13. The average molecular weight is 492 g/mol. The molecule has 0 bridgehead atoms. The predicted molar refractivity (Wildman–Crippen MR) is 126 cm³/mol.